The number of furan rings is 1. The number of fused-ring (bicyclic) bond motifs is 3. The molecule has 1 amide bonds. The van der Waals surface area contributed by atoms with Gasteiger partial charge in [0.15, 0.2) is 11.4 Å². The molecule has 2 aromatic rings. The van der Waals surface area contributed by atoms with Gasteiger partial charge in [-0.25, -0.2) is 0 Å². The van der Waals surface area contributed by atoms with Gasteiger partial charge in [0.05, 0.1) is 30.3 Å². The van der Waals surface area contributed by atoms with Gasteiger partial charge in [0.2, 0.25) is 5.78 Å². The lowest BCUT2D eigenvalue weighted by Gasteiger charge is -2.50. The number of aliphatic hydroxyl groups is 3. The van der Waals surface area contributed by atoms with Crippen LogP contribution < -0.4 is 16.0 Å². The Bertz CT molecular complexity index is 1600. The monoisotopic (exact) mass is 610 g/mol. The van der Waals surface area contributed by atoms with E-state index in [1.807, 2.05) is 4.90 Å². The zero-order valence-electron chi connectivity index (χ0n) is 25.3. The summed E-state index contributed by atoms with van der Waals surface area (Å²) in [7, 11) is 8.34. The van der Waals surface area contributed by atoms with E-state index in [1.54, 1.807) is 53.5 Å². The number of aliphatic hydroxyl groups excluding tert-OH is 2. The Kier molecular flexibility index (Phi) is 8.10. The van der Waals surface area contributed by atoms with Crippen molar-refractivity contribution in [3.63, 3.8) is 0 Å². The molecule has 13 heteroatoms. The van der Waals surface area contributed by atoms with Crippen molar-refractivity contribution >= 4 is 28.9 Å². The number of ketones is 2. The highest BCUT2D eigenvalue weighted by molar-refractivity contribution is 6.24. The molecule has 44 heavy (non-hydrogen) atoms. The molecule has 13 nitrogen and oxygen atoms in total. The van der Waals surface area contributed by atoms with E-state index in [9.17, 15) is 34.8 Å². The van der Waals surface area contributed by atoms with E-state index < -0.39 is 58.0 Å². The highest BCUT2D eigenvalue weighted by Crippen LogP contribution is 2.55. The Balaban J connectivity index is 1.66. The van der Waals surface area contributed by atoms with E-state index in [-0.39, 0.29) is 35.3 Å². The highest BCUT2D eigenvalue weighted by atomic mass is 16.5. The minimum absolute atomic E-state index is 0.00124. The van der Waals surface area contributed by atoms with Crippen molar-refractivity contribution in [3.8, 4) is 17.1 Å². The molecule has 3 aliphatic carbocycles. The van der Waals surface area contributed by atoms with Crippen LogP contribution in [0.2, 0.25) is 0 Å². The molecule has 1 saturated carbocycles. The number of nitrogens with two attached hydrogens (primary N) is 1. The predicted octanol–water partition coefficient (Wildman–Crippen LogP) is 1.03. The molecule has 4 atom stereocenters. The highest BCUT2D eigenvalue weighted by Gasteiger charge is 2.64. The van der Waals surface area contributed by atoms with E-state index in [0.717, 1.165) is 0 Å². The molecule has 0 bridgehead atoms. The number of methoxy groups -OCH3 is 1. The molecule has 5 rings (SSSR count). The standard InChI is InChI=1S/C31H38N4O9/c1-34(2)19-12-17(20-7-6-15(44-20)13-33-8-9-43-5)25(36)22-16(19)10-14-11-18-24(35(3)4)27(38)23(30(32)41)29(40)31(18,42)28(39)21(14)26(22)37/h6-7,12,14,18,24,33,36-37,40,42H,8-11,13H2,1-5H3,(H2,32,41)/t14?,18?,24-,31-/m0/s1. The zero-order valence-corrected chi connectivity index (χ0v) is 25.3. The predicted molar refractivity (Wildman–Crippen MR) is 160 cm³/mol. The van der Waals surface area contributed by atoms with Gasteiger partial charge in [-0.05, 0) is 56.6 Å². The average Bonchev–Trinajstić information content (AvgIpc) is 3.41. The van der Waals surface area contributed by atoms with Crippen molar-refractivity contribution in [1.82, 2.24) is 10.2 Å². The van der Waals surface area contributed by atoms with Crippen molar-refractivity contribution in [2.45, 2.75) is 31.0 Å². The third-order valence-electron chi connectivity index (χ3n) is 8.89. The summed E-state index contributed by atoms with van der Waals surface area (Å²) in [5.74, 6) is -6.02. The maximum absolute atomic E-state index is 14.2. The number of nitrogens with zero attached hydrogens (tertiary/aromatic N) is 2. The first-order valence-corrected chi connectivity index (χ1v) is 14.2. The van der Waals surface area contributed by atoms with Gasteiger partial charge in [-0.3, -0.25) is 19.3 Å². The van der Waals surface area contributed by atoms with Crippen LogP contribution in [0.3, 0.4) is 0 Å². The number of amides is 1. The van der Waals surface area contributed by atoms with Gasteiger partial charge in [-0.15, -0.1) is 0 Å². The number of aromatic hydroxyl groups is 1. The first kappa shape index (κ1) is 31.3. The Hall–Kier alpha value is -4.17. The Morgan fingerprint density at radius 1 is 1.18 bits per heavy atom. The van der Waals surface area contributed by atoms with Gasteiger partial charge in [0.25, 0.3) is 5.91 Å². The SMILES string of the molecule is COCCNCc1ccc(-c2cc(N(C)C)c3c(c2O)C(O)=C2C(=O)[C@]4(O)C(O)=C(C(N)=O)C(=O)[C@@H](N(C)C)C4CC2C3)o1. The maximum atomic E-state index is 14.2. The number of benzene rings is 1. The smallest absolute Gasteiger partial charge is 0.255 e. The number of phenols is 1. The fourth-order valence-corrected chi connectivity index (χ4v) is 6.88. The fraction of sp³-hybridized carbons (Fsp3) is 0.452. The van der Waals surface area contributed by atoms with Gasteiger partial charge in [-0.2, -0.15) is 0 Å². The Morgan fingerprint density at radius 3 is 2.50 bits per heavy atom. The lowest BCUT2D eigenvalue weighted by atomic mass is 9.57. The molecular weight excluding hydrogens is 572 g/mol. The first-order valence-electron chi connectivity index (χ1n) is 14.2. The molecule has 0 aliphatic heterocycles. The lowest BCUT2D eigenvalue weighted by Crippen LogP contribution is -2.65. The van der Waals surface area contributed by atoms with Crippen LogP contribution in [0.5, 0.6) is 5.75 Å². The molecule has 3 aliphatic rings. The molecule has 1 aromatic carbocycles. The Labute approximate surface area is 254 Å². The van der Waals surface area contributed by atoms with E-state index in [1.165, 1.54) is 4.90 Å². The number of primary amides is 1. The number of hydrogen-bond donors (Lipinski definition) is 6. The summed E-state index contributed by atoms with van der Waals surface area (Å²) in [6.45, 7) is 1.56. The second-order valence-corrected chi connectivity index (χ2v) is 11.9. The quantitative estimate of drug-likeness (QED) is 0.174. The minimum Gasteiger partial charge on any atom is -0.508 e. The summed E-state index contributed by atoms with van der Waals surface area (Å²) in [6, 6.07) is 4.05. The van der Waals surface area contributed by atoms with Crippen molar-refractivity contribution in [2.24, 2.45) is 17.6 Å². The molecule has 0 radical (unpaired) electrons. The second kappa shape index (κ2) is 11.4. The number of Topliss-reactive ketones (excluding diaryl/α,β-unsaturated/α-hetero) is 2. The summed E-state index contributed by atoms with van der Waals surface area (Å²) >= 11 is 0. The molecule has 0 saturated heterocycles. The number of carbonyl (C=O) groups is 3. The van der Waals surface area contributed by atoms with E-state index in [4.69, 9.17) is 14.9 Å². The zero-order chi connectivity index (χ0) is 32.2. The molecule has 1 aromatic heterocycles. The van der Waals surface area contributed by atoms with Gasteiger partial charge < -0.3 is 45.5 Å². The van der Waals surface area contributed by atoms with Gasteiger partial charge in [0.1, 0.15) is 34.4 Å². The molecule has 0 spiro atoms. The van der Waals surface area contributed by atoms with Gasteiger partial charge in [-0.1, -0.05) is 0 Å². The van der Waals surface area contributed by atoms with E-state index in [2.05, 4.69) is 5.32 Å². The average molecular weight is 611 g/mol. The van der Waals surface area contributed by atoms with E-state index >= 15 is 0 Å². The summed E-state index contributed by atoms with van der Waals surface area (Å²) in [6.07, 6.45) is 0.196. The third kappa shape index (κ3) is 4.67. The lowest BCUT2D eigenvalue weighted by molar-refractivity contribution is -0.153. The number of phenolic OH excluding ortho intramolecular Hbond substituents is 1. The van der Waals surface area contributed by atoms with Crippen molar-refractivity contribution < 1.29 is 44.0 Å². The topological polar surface area (TPSA) is 199 Å². The minimum atomic E-state index is -2.70. The van der Waals surface area contributed by atoms with Crippen LogP contribution in [-0.4, -0.2) is 103 Å². The van der Waals surface area contributed by atoms with Crippen molar-refractivity contribution in [1.29, 1.82) is 0 Å². The normalized spacial score (nSPS) is 24.8. The van der Waals surface area contributed by atoms with Crippen LogP contribution in [0, 0.1) is 11.8 Å². The largest absolute Gasteiger partial charge is 0.508 e. The summed E-state index contributed by atoms with van der Waals surface area (Å²) in [5, 5.41) is 49.3. The fourth-order valence-electron chi connectivity index (χ4n) is 6.88. The van der Waals surface area contributed by atoms with Gasteiger partial charge in [0, 0.05) is 44.9 Å². The van der Waals surface area contributed by atoms with Gasteiger partial charge >= 0.3 is 0 Å². The van der Waals surface area contributed by atoms with Crippen LogP contribution in [0.25, 0.3) is 17.1 Å². The number of ether oxygens (including phenoxy) is 1. The molecule has 1 fully saturated rings. The van der Waals surface area contributed by atoms with Crippen molar-refractivity contribution in [2.75, 3.05) is 53.4 Å². The number of anilines is 1. The van der Waals surface area contributed by atoms with Crippen LogP contribution >= 0.6 is 0 Å². The second-order valence-electron chi connectivity index (χ2n) is 11.9. The molecule has 236 valence electrons. The Morgan fingerprint density at radius 2 is 1.89 bits per heavy atom. The summed E-state index contributed by atoms with van der Waals surface area (Å²) in [4.78, 5) is 42.9. The molecule has 7 N–H and O–H groups in total. The van der Waals surface area contributed by atoms with Crippen LogP contribution in [-0.2, 0) is 32.1 Å². The van der Waals surface area contributed by atoms with Crippen molar-refractivity contribution in [3.05, 3.63) is 52.0 Å². The van der Waals surface area contributed by atoms with Crippen LogP contribution in [0.1, 0.15) is 23.3 Å². The number of carbonyl (C=O) groups excluding carboxylic acids is 3. The van der Waals surface area contributed by atoms with Crippen LogP contribution in [0.15, 0.2) is 39.5 Å². The summed E-state index contributed by atoms with van der Waals surface area (Å²) < 4.78 is 11.0. The van der Waals surface area contributed by atoms with E-state index in [0.29, 0.717) is 42.5 Å². The number of hydrogen-bond acceptors (Lipinski definition) is 12. The third-order valence-corrected chi connectivity index (χ3v) is 8.89. The first-order chi connectivity index (χ1) is 20.7. The maximum Gasteiger partial charge on any atom is 0.255 e. The molecule has 2 unspecified atom stereocenters. The number of likely N-dealkylation sites (N-methyl/N-ethyl adjacent to an activating group) is 1. The molecule has 1 heterocycles. The summed E-state index contributed by atoms with van der Waals surface area (Å²) in [5.41, 5.74) is 3.14. The number of nitrogens with one attached hydrogen (secondary N) is 1. The van der Waals surface area contributed by atoms with Crippen LogP contribution in [0.4, 0.5) is 5.69 Å². The molecular formula is C31H38N4O9. The number of rotatable bonds is 9.